The lowest BCUT2D eigenvalue weighted by atomic mass is 9.80. The van der Waals surface area contributed by atoms with E-state index >= 15 is 0 Å². The molecule has 0 aliphatic rings. The van der Waals surface area contributed by atoms with Gasteiger partial charge < -0.3 is 10.4 Å². The molecule has 0 aliphatic carbocycles. The van der Waals surface area contributed by atoms with Crippen molar-refractivity contribution in [3.05, 3.63) is 34.3 Å². The van der Waals surface area contributed by atoms with Gasteiger partial charge in [-0.05, 0) is 32.5 Å². The Morgan fingerprint density at radius 2 is 2.00 bits per heavy atom. The van der Waals surface area contributed by atoms with Gasteiger partial charge in [-0.1, -0.05) is 34.1 Å². The highest BCUT2D eigenvalue weighted by molar-refractivity contribution is 9.10. The number of hydrogen-bond donors (Lipinski definition) is 2. The second-order valence-electron chi connectivity index (χ2n) is 4.27. The predicted octanol–water partition coefficient (Wildman–Crippen LogP) is 2.82. The largest absolute Gasteiger partial charge is 0.481 e. The molecule has 0 saturated heterocycles. The molecule has 1 rings (SSSR count). The maximum absolute atomic E-state index is 11.3. The first-order valence-corrected chi connectivity index (χ1v) is 5.85. The zero-order valence-electron chi connectivity index (χ0n) is 9.62. The molecule has 0 bridgehead atoms. The summed E-state index contributed by atoms with van der Waals surface area (Å²) in [5, 5.41) is 12.3. The minimum absolute atomic E-state index is 0.236. The highest BCUT2D eigenvalue weighted by Gasteiger charge is 2.37. The number of carbonyl (C=O) groups is 1. The van der Waals surface area contributed by atoms with Gasteiger partial charge in [-0.25, -0.2) is 0 Å². The molecule has 0 spiro atoms. The number of rotatable bonds is 4. The fourth-order valence-electron chi connectivity index (χ4n) is 1.74. The van der Waals surface area contributed by atoms with Gasteiger partial charge in [-0.3, -0.25) is 4.79 Å². The Labute approximate surface area is 104 Å². The van der Waals surface area contributed by atoms with Gasteiger partial charge in [-0.2, -0.15) is 0 Å². The summed E-state index contributed by atoms with van der Waals surface area (Å²) >= 11 is 3.45. The first-order valence-electron chi connectivity index (χ1n) is 5.06. The lowest BCUT2D eigenvalue weighted by Gasteiger charge is -2.31. The Morgan fingerprint density at radius 1 is 1.44 bits per heavy atom. The normalized spacial score (nSPS) is 13.5. The van der Waals surface area contributed by atoms with E-state index in [-0.39, 0.29) is 6.04 Å². The fraction of sp³-hybridized carbons (Fsp3) is 0.417. The van der Waals surface area contributed by atoms with Crippen molar-refractivity contribution in [2.75, 3.05) is 7.05 Å². The van der Waals surface area contributed by atoms with Crippen LogP contribution in [0.4, 0.5) is 0 Å². The van der Waals surface area contributed by atoms with Gasteiger partial charge in [-0.15, -0.1) is 0 Å². The summed E-state index contributed by atoms with van der Waals surface area (Å²) in [5.74, 6) is -0.817. The first-order chi connectivity index (χ1) is 7.41. The third-order valence-corrected chi connectivity index (χ3v) is 3.50. The molecule has 0 amide bonds. The summed E-state index contributed by atoms with van der Waals surface area (Å²) in [6.07, 6.45) is 0. The van der Waals surface area contributed by atoms with E-state index in [1.807, 2.05) is 24.3 Å². The van der Waals surface area contributed by atoms with Gasteiger partial charge in [0.1, 0.15) is 0 Å². The van der Waals surface area contributed by atoms with Crippen molar-refractivity contribution in [3.8, 4) is 0 Å². The zero-order valence-corrected chi connectivity index (χ0v) is 11.2. The molecule has 0 radical (unpaired) electrons. The van der Waals surface area contributed by atoms with Crippen LogP contribution >= 0.6 is 15.9 Å². The van der Waals surface area contributed by atoms with Crippen molar-refractivity contribution in [2.24, 2.45) is 5.41 Å². The van der Waals surface area contributed by atoms with Crippen LogP contribution in [0.1, 0.15) is 25.5 Å². The van der Waals surface area contributed by atoms with E-state index in [2.05, 4.69) is 21.2 Å². The molecular weight excluding hydrogens is 270 g/mol. The minimum Gasteiger partial charge on any atom is -0.481 e. The van der Waals surface area contributed by atoms with E-state index in [0.717, 1.165) is 10.0 Å². The van der Waals surface area contributed by atoms with Crippen molar-refractivity contribution >= 4 is 21.9 Å². The second-order valence-corrected chi connectivity index (χ2v) is 5.12. The Hall–Kier alpha value is -0.870. The summed E-state index contributed by atoms with van der Waals surface area (Å²) in [7, 11) is 1.77. The van der Waals surface area contributed by atoms with Gasteiger partial charge in [0.25, 0.3) is 0 Å². The molecule has 4 heteroatoms. The average molecular weight is 286 g/mol. The van der Waals surface area contributed by atoms with Crippen molar-refractivity contribution < 1.29 is 9.90 Å². The molecule has 0 aromatic heterocycles. The van der Waals surface area contributed by atoms with Crippen molar-refractivity contribution in [1.29, 1.82) is 0 Å². The van der Waals surface area contributed by atoms with E-state index in [1.54, 1.807) is 20.9 Å². The van der Waals surface area contributed by atoms with Gasteiger partial charge in [0, 0.05) is 10.5 Å². The lowest BCUT2D eigenvalue weighted by molar-refractivity contribution is -0.148. The van der Waals surface area contributed by atoms with Crippen molar-refractivity contribution in [1.82, 2.24) is 5.32 Å². The highest BCUT2D eigenvalue weighted by atomic mass is 79.9. The quantitative estimate of drug-likeness (QED) is 0.894. The van der Waals surface area contributed by atoms with E-state index in [4.69, 9.17) is 0 Å². The van der Waals surface area contributed by atoms with Crippen LogP contribution in [0.15, 0.2) is 28.7 Å². The van der Waals surface area contributed by atoms with Gasteiger partial charge >= 0.3 is 5.97 Å². The van der Waals surface area contributed by atoms with Gasteiger partial charge in [0.2, 0.25) is 0 Å². The predicted molar refractivity (Wildman–Crippen MR) is 67.4 cm³/mol. The number of nitrogens with one attached hydrogen (secondary N) is 1. The molecule has 2 N–H and O–H groups in total. The SMILES string of the molecule is CNC(c1ccccc1Br)C(C)(C)C(=O)O. The first kappa shape index (κ1) is 13.2. The lowest BCUT2D eigenvalue weighted by Crippen LogP contribution is -2.38. The molecule has 1 aromatic rings. The second kappa shape index (κ2) is 4.97. The number of halogens is 1. The molecule has 0 fully saturated rings. The van der Waals surface area contributed by atoms with Crippen LogP contribution in [-0.2, 0) is 4.79 Å². The van der Waals surface area contributed by atoms with Gasteiger partial charge in [0.15, 0.2) is 0 Å². The Balaban J connectivity index is 3.18. The average Bonchev–Trinajstić information content (AvgIpc) is 2.21. The molecular formula is C12H16BrNO2. The molecule has 88 valence electrons. The maximum atomic E-state index is 11.3. The van der Waals surface area contributed by atoms with E-state index in [9.17, 15) is 9.90 Å². The summed E-state index contributed by atoms with van der Waals surface area (Å²) in [6.45, 7) is 3.44. The standard InChI is InChI=1S/C12H16BrNO2/c1-12(2,11(15)16)10(14-3)8-6-4-5-7-9(8)13/h4-7,10,14H,1-3H3,(H,15,16). The van der Waals surface area contributed by atoms with Crippen LogP contribution in [0.2, 0.25) is 0 Å². The Morgan fingerprint density at radius 3 is 2.44 bits per heavy atom. The molecule has 16 heavy (non-hydrogen) atoms. The zero-order chi connectivity index (χ0) is 12.3. The molecule has 3 nitrogen and oxygen atoms in total. The molecule has 0 saturated carbocycles. The number of benzene rings is 1. The van der Waals surface area contributed by atoms with Crippen LogP contribution < -0.4 is 5.32 Å². The van der Waals surface area contributed by atoms with Crippen LogP contribution in [-0.4, -0.2) is 18.1 Å². The van der Waals surface area contributed by atoms with Crippen molar-refractivity contribution in [2.45, 2.75) is 19.9 Å². The van der Waals surface area contributed by atoms with E-state index in [0.29, 0.717) is 0 Å². The number of carboxylic acids is 1. The summed E-state index contributed by atoms with van der Waals surface area (Å²) < 4.78 is 0.920. The summed E-state index contributed by atoms with van der Waals surface area (Å²) in [5.41, 5.74) is 0.0934. The van der Waals surface area contributed by atoms with Crippen LogP contribution in [0.3, 0.4) is 0 Å². The van der Waals surface area contributed by atoms with E-state index in [1.165, 1.54) is 0 Å². The van der Waals surface area contributed by atoms with Crippen LogP contribution in [0.5, 0.6) is 0 Å². The van der Waals surface area contributed by atoms with Crippen LogP contribution in [0.25, 0.3) is 0 Å². The maximum Gasteiger partial charge on any atom is 0.311 e. The van der Waals surface area contributed by atoms with Gasteiger partial charge in [0.05, 0.1) is 5.41 Å². The number of carboxylic acid groups (broad SMARTS) is 1. The number of hydrogen-bond acceptors (Lipinski definition) is 2. The molecule has 0 heterocycles. The minimum atomic E-state index is -0.862. The smallest absolute Gasteiger partial charge is 0.311 e. The monoisotopic (exact) mass is 285 g/mol. The molecule has 1 atom stereocenters. The highest BCUT2D eigenvalue weighted by Crippen LogP contribution is 2.36. The van der Waals surface area contributed by atoms with Crippen molar-refractivity contribution in [3.63, 3.8) is 0 Å². The summed E-state index contributed by atoms with van der Waals surface area (Å²) in [4.78, 5) is 11.3. The van der Waals surface area contributed by atoms with E-state index < -0.39 is 11.4 Å². The topological polar surface area (TPSA) is 49.3 Å². The fourth-order valence-corrected chi connectivity index (χ4v) is 2.25. The Bertz CT molecular complexity index is 390. The molecule has 1 unspecified atom stereocenters. The number of aliphatic carboxylic acids is 1. The Kier molecular flexibility index (Phi) is 4.10. The molecule has 0 aliphatic heterocycles. The molecule has 1 aromatic carbocycles. The van der Waals surface area contributed by atoms with Crippen LogP contribution in [0, 0.1) is 5.41 Å². The third-order valence-electron chi connectivity index (χ3n) is 2.78. The third kappa shape index (κ3) is 2.44. The summed E-state index contributed by atoms with van der Waals surface area (Å²) in [6, 6.07) is 7.42.